The number of nitrogens with zero attached hydrogens (tertiary/aromatic N) is 1. The summed E-state index contributed by atoms with van der Waals surface area (Å²) < 4.78 is 31.5. The quantitative estimate of drug-likeness (QED) is 0.675. The van der Waals surface area contributed by atoms with E-state index in [-0.39, 0.29) is 22.0 Å². The predicted molar refractivity (Wildman–Crippen MR) is 98.6 cm³/mol. The van der Waals surface area contributed by atoms with Crippen LogP contribution in [-0.4, -0.2) is 44.3 Å². The van der Waals surface area contributed by atoms with Gasteiger partial charge >= 0.3 is 5.97 Å². The van der Waals surface area contributed by atoms with Crippen molar-refractivity contribution in [3.8, 4) is 0 Å². The topological polar surface area (TPSA) is 92.8 Å². The molecule has 0 aliphatic carbocycles. The van der Waals surface area contributed by atoms with Crippen molar-refractivity contribution >= 4 is 39.2 Å². The number of esters is 1. The number of nitrogens with one attached hydrogen (secondary N) is 1. The molecule has 1 fully saturated rings. The van der Waals surface area contributed by atoms with E-state index in [1.54, 1.807) is 0 Å². The summed E-state index contributed by atoms with van der Waals surface area (Å²) in [6, 6.07) is 4.16. The maximum atomic E-state index is 12.6. The van der Waals surface area contributed by atoms with Gasteiger partial charge in [0, 0.05) is 19.5 Å². The Bertz CT molecular complexity index is 760. The first-order valence-corrected chi connectivity index (χ1v) is 10.4. The number of benzene rings is 1. The first-order valence-electron chi connectivity index (χ1n) is 8.59. The van der Waals surface area contributed by atoms with Crippen molar-refractivity contribution in [1.82, 2.24) is 4.31 Å². The van der Waals surface area contributed by atoms with E-state index >= 15 is 0 Å². The van der Waals surface area contributed by atoms with Crippen LogP contribution in [0.4, 0.5) is 5.69 Å². The zero-order chi connectivity index (χ0) is 19.2. The average molecular weight is 403 g/mol. The van der Waals surface area contributed by atoms with Gasteiger partial charge in [-0.3, -0.25) is 9.59 Å². The van der Waals surface area contributed by atoms with Crippen LogP contribution in [0.15, 0.2) is 23.1 Å². The fourth-order valence-electron chi connectivity index (χ4n) is 2.56. The largest absolute Gasteiger partial charge is 0.456 e. The SMILES string of the molecule is CCCCC(=O)OCC(=O)Nc1cc(S(=O)(=O)N2CCCC2)ccc1Cl. The van der Waals surface area contributed by atoms with E-state index in [4.69, 9.17) is 16.3 Å². The second-order valence-electron chi connectivity index (χ2n) is 6.07. The van der Waals surface area contributed by atoms with Crippen LogP contribution in [0.1, 0.15) is 39.0 Å². The standard InChI is InChI=1S/C17H23ClN2O5S/c1-2-3-6-17(22)25-12-16(21)19-15-11-13(7-8-14(15)18)26(23,24)20-9-4-5-10-20/h7-8,11H,2-6,9-10,12H2,1H3,(H,19,21). The van der Waals surface area contributed by atoms with Gasteiger partial charge in [0.2, 0.25) is 10.0 Å². The number of carbonyl (C=O) groups excluding carboxylic acids is 2. The van der Waals surface area contributed by atoms with E-state index in [1.165, 1.54) is 22.5 Å². The van der Waals surface area contributed by atoms with Crippen LogP contribution >= 0.6 is 11.6 Å². The van der Waals surface area contributed by atoms with Gasteiger partial charge in [-0.25, -0.2) is 8.42 Å². The molecule has 9 heteroatoms. The van der Waals surface area contributed by atoms with Gasteiger partial charge in [0.25, 0.3) is 5.91 Å². The number of hydrogen-bond acceptors (Lipinski definition) is 5. The van der Waals surface area contributed by atoms with E-state index < -0.39 is 28.5 Å². The van der Waals surface area contributed by atoms with E-state index in [0.29, 0.717) is 19.5 Å². The molecule has 7 nitrogen and oxygen atoms in total. The van der Waals surface area contributed by atoms with Crippen LogP contribution in [0, 0.1) is 0 Å². The van der Waals surface area contributed by atoms with Gasteiger partial charge in [-0.1, -0.05) is 24.9 Å². The average Bonchev–Trinajstić information content (AvgIpc) is 3.15. The minimum Gasteiger partial charge on any atom is -0.456 e. The Hall–Kier alpha value is -1.64. The number of anilines is 1. The molecule has 1 aromatic carbocycles. The molecule has 0 spiro atoms. The highest BCUT2D eigenvalue weighted by atomic mass is 35.5. The lowest BCUT2D eigenvalue weighted by atomic mass is 10.2. The molecule has 144 valence electrons. The van der Waals surface area contributed by atoms with E-state index in [9.17, 15) is 18.0 Å². The summed E-state index contributed by atoms with van der Waals surface area (Å²) in [5.41, 5.74) is 0.168. The van der Waals surface area contributed by atoms with Gasteiger partial charge in [0.1, 0.15) is 0 Å². The van der Waals surface area contributed by atoms with Gasteiger partial charge in [0.05, 0.1) is 15.6 Å². The lowest BCUT2D eigenvalue weighted by Gasteiger charge is -2.16. The maximum Gasteiger partial charge on any atom is 0.306 e. The molecule has 1 N–H and O–H groups in total. The number of carbonyl (C=O) groups is 2. The molecular weight excluding hydrogens is 380 g/mol. The minimum atomic E-state index is -3.61. The first kappa shape index (κ1) is 20.7. The lowest BCUT2D eigenvalue weighted by Crippen LogP contribution is -2.28. The normalized spacial score (nSPS) is 15.0. The van der Waals surface area contributed by atoms with Gasteiger partial charge in [-0.2, -0.15) is 4.31 Å². The number of halogens is 1. The molecule has 1 saturated heterocycles. The van der Waals surface area contributed by atoms with Crippen LogP contribution in [0.25, 0.3) is 0 Å². The molecule has 0 saturated carbocycles. The Morgan fingerprint density at radius 1 is 1.27 bits per heavy atom. The van der Waals surface area contributed by atoms with Crippen molar-refractivity contribution < 1.29 is 22.7 Å². The third-order valence-electron chi connectivity index (χ3n) is 4.01. The summed E-state index contributed by atoms with van der Waals surface area (Å²) in [6.45, 7) is 2.48. The highest BCUT2D eigenvalue weighted by Gasteiger charge is 2.27. The predicted octanol–water partition coefficient (Wildman–Crippen LogP) is 2.80. The van der Waals surface area contributed by atoms with Gasteiger partial charge in [-0.15, -0.1) is 0 Å². The van der Waals surface area contributed by atoms with Crippen molar-refractivity contribution in [2.24, 2.45) is 0 Å². The summed E-state index contributed by atoms with van der Waals surface area (Å²) in [7, 11) is -3.61. The molecule has 0 aromatic heterocycles. The molecule has 1 amide bonds. The fourth-order valence-corrected chi connectivity index (χ4v) is 4.27. The molecule has 1 aliphatic rings. The summed E-state index contributed by atoms with van der Waals surface area (Å²) in [6.07, 6.45) is 3.48. The Morgan fingerprint density at radius 3 is 2.62 bits per heavy atom. The number of ether oxygens (including phenoxy) is 1. The fraction of sp³-hybridized carbons (Fsp3) is 0.529. The number of rotatable bonds is 8. The number of hydrogen-bond donors (Lipinski definition) is 1. The molecule has 0 atom stereocenters. The number of sulfonamides is 1. The van der Waals surface area contributed by atoms with Gasteiger partial charge < -0.3 is 10.1 Å². The Kier molecular flexibility index (Phi) is 7.43. The number of amides is 1. The van der Waals surface area contributed by atoms with Crippen molar-refractivity contribution in [3.63, 3.8) is 0 Å². The Balaban J connectivity index is 2.03. The maximum absolute atomic E-state index is 12.6. The van der Waals surface area contributed by atoms with Crippen molar-refractivity contribution in [2.75, 3.05) is 25.0 Å². The van der Waals surface area contributed by atoms with Crippen LogP contribution in [-0.2, 0) is 24.3 Å². The van der Waals surface area contributed by atoms with Crippen molar-refractivity contribution in [1.29, 1.82) is 0 Å². The van der Waals surface area contributed by atoms with Crippen LogP contribution in [0.5, 0.6) is 0 Å². The molecule has 0 bridgehead atoms. The molecule has 1 aliphatic heterocycles. The van der Waals surface area contributed by atoms with E-state index in [1.807, 2.05) is 6.92 Å². The second kappa shape index (κ2) is 9.34. The summed E-state index contributed by atoms with van der Waals surface area (Å²) in [4.78, 5) is 23.5. The van der Waals surface area contributed by atoms with Gasteiger partial charge in [-0.05, 0) is 37.5 Å². The van der Waals surface area contributed by atoms with Crippen molar-refractivity contribution in [3.05, 3.63) is 23.2 Å². The first-order chi connectivity index (χ1) is 12.3. The van der Waals surface area contributed by atoms with E-state index in [0.717, 1.165) is 19.3 Å². The lowest BCUT2D eigenvalue weighted by molar-refractivity contribution is -0.147. The molecule has 2 rings (SSSR count). The highest BCUT2D eigenvalue weighted by molar-refractivity contribution is 7.89. The number of unbranched alkanes of at least 4 members (excludes halogenated alkanes) is 1. The zero-order valence-corrected chi connectivity index (χ0v) is 16.2. The minimum absolute atomic E-state index is 0.0686. The third-order valence-corrected chi connectivity index (χ3v) is 6.24. The Labute approximate surface area is 158 Å². The monoisotopic (exact) mass is 402 g/mol. The summed E-state index contributed by atoms with van der Waals surface area (Å²) in [5, 5.41) is 2.70. The van der Waals surface area contributed by atoms with Crippen LogP contribution in [0.3, 0.4) is 0 Å². The summed E-state index contributed by atoms with van der Waals surface area (Å²) >= 11 is 6.05. The third kappa shape index (κ3) is 5.43. The molecule has 26 heavy (non-hydrogen) atoms. The van der Waals surface area contributed by atoms with Crippen LogP contribution in [0.2, 0.25) is 5.02 Å². The second-order valence-corrected chi connectivity index (χ2v) is 8.41. The Morgan fingerprint density at radius 2 is 1.96 bits per heavy atom. The van der Waals surface area contributed by atoms with Gasteiger partial charge in [0.15, 0.2) is 6.61 Å². The molecular formula is C17H23ClN2O5S. The zero-order valence-electron chi connectivity index (χ0n) is 14.7. The van der Waals surface area contributed by atoms with Crippen molar-refractivity contribution in [2.45, 2.75) is 43.9 Å². The molecule has 0 unspecified atom stereocenters. The molecule has 0 radical (unpaired) electrons. The molecule has 1 aromatic rings. The van der Waals surface area contributed by atoms with Crippen LogP contribution < -0.4 is 5.32 Å². The smallest absolute Gasteiger partial charge is 0.306 e. The van der Waals surface area contributed by atoms with E-state index in [2.05, 4.69) is 5.32 Å². The summed E-state index contributed by atoms with van der Waals surface area (Å²) in [5.74, 6) is -1.02. The molecule has 1 heterocycles. The highest BCUT2D eigenvalue weighted by Crippen LogP contribution is 2.28.